The summed E-state index contributed by atoms with van der Waals surface area (Å²) in [5, 5.41) is 3.72. The van der Waals surface area contributed by atoms with Crippen molar-refractivity contribution in [3.05, 3.63) is 63.1 Å². The molecule has 0 aliphatic rings. The first kappa shape index (κ1) is 14.7. The highest BCUT2D eigenvalue weighted by Crippen LogP contribution is 2.18. The lowest BCUT2D eigenvalue weighted by atomic mass is 10.3. The van der Waals surface area contributed by atoms with E-state index in [4.69, 9.17) is 27.6 Å². The summed E-state index contributed by atoms with van der Waals surface area (Å²) in [4.78, 5) is 23.9. The summed E-state index contributed by atoms with van der Waals surface area (Å²) in [6.07, 6.45) is 0. The number of oxazole rings is 1. The fourth-order valence-corrected chi connectivity index (χ4v) is 2.36. The number of rotatable bonds is 3. The van der Waals surface area contributed by atoms with Gasteiger partial charge in [0, 0.05) is 21.8 Å². The highest BCUT2D eigenvalue weighted by molar-refractivity contribution is 6.31. The van der Waals surface area contributed by atoms with Gasteiger partial charge in [-0.3, -0.25) is 9.36 Å². The second-order valence-electron chi connectivity index (χ2n) is 4.62. The topological polar surface area (TPSA) is 64.2 Å². The SMILES string of the molecule is O=C(Cn1c(=O)oc2cc(Cl)ccc21)Nc1ccc(Cl)cc1. The highest BCUT2D eigenvalue weighted by atomic mass is 35.5. The molecule has 3 rings (SSSR count). The minimum atomic E-state index is -0.608. The van der Waals surface area contributed by atoms with Gasteiger partial charge in [-0.1, -0.05) is 23.2 Å². The number of hydrogen-bond donors (Lipinski definition) is 1. The summed E-state index contributed by atoms with van der Waals surface area (Å²) in [6, 6.07) is 11.5. The molecule has 22 heavy (non-hydrogen) atoms. The van der Waals surface area contributed by atoms with Gasteiger partial charge >= 0.3 is 5.76 Å². The standard InChI is InChI=1S/C15H10Cl2N2O3/c16-9-1-4-11(5-2-9)18-14(20)8-19-12-6-3-10(17)7-13(12)22-15(19)21/h1-7H,8H2,(H,18,20). The Morgan fingerprint density at radius 3 is 2.50 bits per heavy atom. The molecular weight excluding hydrogens is 327 g/mol. The van der Waals surface area contributed by atoms with E-state index in [0.717, 1.165) is 0 Å². The molecule has 1 aromatic heterocycles. The predicted molar refractivity (Wildman–Crippen MR) is 85.6 cm³/mol. The third kappa shape index (κ3) is 3.00. The van der Waals surface area contributed by atoms with E-state index in [-0.39, 0.29) is 12.5 Å². The van der Waals surface area contributed by atoms with Crippen molar-refractivity contribution in [3.63, 3.8) is 0 Å². The summed E-state index contributed by atoms with van der Waals surface area (Å²) in [7, 11) is 0. The maximum atomic E-state index is 12.1. The van der Waals surface area contributed by atoms with Crippen molar-refractivity contribution in [2.45, 2.75) is 6.54 Å². The fraction of sp³-hybridized carbons (Fsp3) is 0.0667. The van der Waals surface area contributed by atoms with Gasteiger partial charge in [0.15, 0.2) is 5.58 Å². The van der Waals surface area contributed by atoms with Crippen molar-refractivity contribution < 1.29 is 9.21 Å². The molecule has 0 saturated heterocycles. The average Bonchev–Trinajstić information content (AvgIpc) is 2.77. The van der Waals surface area contributed by atoms with Gasteiger partial charge in [-0.05, 0) is 36.4 Å². The van der Waals surface area contributed by atoms with Gasteiger partial charge in [-0.15, -0.1) is 0 Å². The zero-order chi connectivity index (χ0) is 15.7. The predicted octanol–water partition coefficient (Wildman–Crippen LogP) is 3.54. The molecule has 112 valence electrons. The van der Waals surface area contributed by atoms with Crippen molar-refractivity contribution in [1.29, 1.82) is 0 Å². The minimum absolute atomic E-state index is 0.157. The number of nitrogens with one attached hydrogen (secondary N) is 1. The number of halogens is 2. The molecule has 0 atom stereocenters. The second kappa shape index (κ2) is 5.87. The lowest BCUT2D eigenvalue weighted by Crippen LogP contribution is -2.24. The van der Waals surface area contributed by atoms with Crippen LogP contribution >= 0.6 is 23.2 Å². The molecule has 1 amide bonds. The molecule has 2 aromatic carbocycles. The maximum absolute atomic E-state index is 12.1. The lowest BCUT2D eigenvalue weighted by Gasteiger charge is -2.05. The first-order valence-electron chi connectivity index (χ1n) is 6.37. The van der Waals surface area contributed by atoms with E-state index in [1.807, 2.05) is 0 Å². The van der Waals surface area contributed by atoms with Crippen molar-refractivity contribution in [1.82, 2.24) is 4.57 Å². The van der Waals surface area contributed by atoms with E-state index < -0.39 is 5.76 Å². The Labute approximate surface area is 135 Å². The summed E-state index contributed by atoms with van der Waals surface area (Å²) in [6.45, 7) is -0.157. The van der Waals surface area contributed by atoms with Crippen LogP contribution < -0.4 is 11.1 Å². The van der Waals surface area contributed by atoms with Gasteiger partial charge in [-0.2, -0.15) is 0 Å². The zero-order valence-corrected chi connectivity index (χ0v) is 12.7. The molecular formula is C15H10Cl2N2O3. The molecule has 0 fully saturated rings. The Hall–Kier alpha value is -2.24. The van der Waals surface area contributed by atoms with Crippen LogP contribution in [0.15, 0.2) is 51.7 Å². The zero-order valence-electron chi connectivity index (χ0n) is 11.2. The van der Waals surface area contributed by atoms with Crippen LogP contribution in [0.1, 0.15) is 0 Å². The Balaban J connectivity index is 1.83. The van der Waals surface area contributed by atoms with E-state index >= 15 is 0 Å². The van der Waals surface area contributed by atoms with Gasteiger partial charge in [-0.25, -0.2) is 4.79 Å². The Morgan fingerprint density at radius 2 is 1.77 bits per heavy atom. The van der Waals surface area contributed by atoms with E-state index in [1.165, 1.54) is 10.6 Å². The summed E-state index contributed by atoms with van der Waals surface area (Å²) >= 11 is 11.6. The number of anilines is 1. The Kier molecular flexibility index (Phi) is 3.92. The van der Waals surface area contributed by atoms with Gasteiger partial charge in [0.2, 0.25) is 5.91 Å². The van der Waals surface area contributed by atoms with Crippen LogP contribution in [-0.4, -0.2) is 10.5 Å². The van der Waals surface area contributed by atoms with E-state index in [0.29, 0.717) is 26.8 Å². The molecule has 1 N–H and O–H groups in total. The molecule has 0 aliphatic heterocycles. The summed E-state index contributed by atoms with van der Waals surface area (Å²) in [5.41, 5.74) is 1.45. The number of aromatic nitrogens is 1. The molecule has 3 aromatic rings. The van der Waals surface area contributed by atoms with Gasteiger partial charge in [0.05, 0.1) is 5.52 Å². The van der Waals surface area contributed by atoms with Crippen molar-refractivity contribution >= 4 is 45.9 Å². The average molecular weight is 337 g/mol. The third-order valence-electron chi connectivity index (χ3n) is 3.06. The minimum Gasteiger partial charge on any atom is -0.408 e. The van der Waals surface area contributed by atoms with E-state index in [9.17, 15) is 9.59 Å². The molecule has 0 aliphatic carbocycles. The van der Waals surface area contributed by atoms with Crippen LogP contribution in [0.25, 0.3) is 11.1 Å². The van der Waals surface area contributed by atoms with E-state index in [2.05, 4.69) is 5.32 Å². The molecule has 0 spiro atoms. The van der Waals surface area contributed by atoms with Crippen LogP contribution in [0.3, 0.4) is 0 Å². The molecule has 0 saturated carbocycles. The van der Waals surface area contributed by atoms with Crippen molar-refractivity contribution in [2.24, 2.45) is 0 Å². The summed E-state index contributed by atoms with van der Waals surface area (Å²) < 4.78 is 6.32. The molecule has 0 radical (unpaired) electrons. The van der Waals surface area contributed by atoms with Crippen LogP contribution in [0.2, 0.25) is 10.0 Å². The van der Waals surface area contributed by atoms with E-state index in [1.54, 1.807) is 36.4 Å². The first-order chi connectivity index (χ1) is 10.5. The smallest absolute Gasteiger partial charge is 0.408 e. The Morgan fingerprint density at radius 1 is 1.09 bits per heavy atom. The number of fused-ring (bicyclic) bond motifs is 1. The van der Waals surface area contributed by atoms with Crippen molar-refractivity contribution in [2.75, 3.05) is 5.32 Å². The number of hydrogen-bond acceptors (Lipinski definition) is 3. The molecule has 0 unspecified atom stereocenters. The van der Waals surface area contributed by atoms with Gasteiger partial charge in [0.25, 0.3) is 0 Å². The number of carbonyl (C=O) groups excluding carboxylic acids is 1. The van der Waals surface area contributed by atoms with Gasteiger partial charge < -0.3 is 9.73 Å². The number of nitrogens with zero attached hydrogens (tertiary/aromatic N) is 1. The van der Waals surface area contributed by atoms with Crippen LogP contribution in [-0.2, 0) is 11.3 Å². The molecule has 7 heteroatoms. The maximum Gasteiger partial charge on any atom is 0.420 e. The largest absolute Gasteiger partial charge is 0.420 e. The number of carbonyl (C=O) groups is 1. The van der Waals surface area contributed by atoms with Crippen LogP contribution in [0.5, 0.6) is 0 Å². The number of benzene rings is 2. The first-order valence-corrected chi connectivity index (χ1v) is 7.13. The quantitative estimate of drug-likeness (QED) is 0.795. The highest BCUT2D eigenvalue weighted by Gasteiger charge is 2.13. The summed E-state index contributed by atoms with van der Waals surface area (Å²) in [5.74, 6) is -0.953. The van der Waals surface area contributed by atoms with Crippen LogP contribution in [0.4, 0.5) is 5.69 Å². The van der Waals surface area contributed by atoms with Gasteiger partial charge in [0.1, 0.15) is 6.54 Å². The third-order valence-corrected chi connectivity index (χ3v) is 3.55. The molecule has 0 bridgehead atoms. The number of amides is 1. The van der Waals surface area contributed by atoms with Crippen LogP contribution in [0, 0.1) is 0 Å². The fourth-order valence-electron chi connectivity index (χ4n) is 2.07. The Bertz CT molecular complexity index is 897. The monoisotopic (exact) mass is 336 g/mol. The second-order valence-corrected chi connectivity index (χ2v) is 5.49. The van der Waals surface area contributed by atoms with Crippen molar-refractivity contribution in [3.8, 4) is 0 Å². The molecule has 1 heterocycles. The normalized spacial score (nSPS) is 10.8. The molecule has 5 nitrogen and oxygen atoms in total. The lowest BCUT2D eigenvalue weighted by molar-refractivity contribution is -0.116.